The van der Waals surface area contributed by atoms with Crippen LogP contribution in [0.1, 0.15) is 23.7 Å². The molecule has 9 heteroatoms. The number of hydrogen-bond donors (Lipinski definition) is 1. The Labute approximate surface area is 145 Å². The van der Waals surface area contributed by atoms with Crippen molar-refractivity contribution in [2.24, 2.45) is 0 Å². The largest absolute Gasteiger partial charge is 0.300 e. The van der Waals surface area contributed by atoms with Gasteiger partial charge in [-0.3, -0.25) is 10.1 Å². The Hall–Kier alpha value is -1.58. The summed E-state index contributed by atoms with van der Waals surface area (Å²) in [5.74, 6) is 0.177. The quantitative estimate of drug-likeness (QED) is 0.533. The minimum atomic E-state index is -0.105. The van der Waals surface area contributed by atoms with Crippen LogP contribution in [0.2, 0.25) is 0 Å². The van der Waals surface area contributed by atoms with Gasteiger partial charge in [-0.15, -0.1) is 21.5 Å². The molecular formula is C14H15N5OS3. The fourth-order valence-electron chi connectivity index (χ4n) is 1.91. The zero-order chi connectivity index (χ0) is 16.2. The first-order chi connectivity index (χ1) is 11.2. The molecule has 0 bridgehead atoms. The molecule has 3 aromatic heterocycles. The summed E-state index contributed by atoms with van der Waals surface area (Å²) < 4.78 is 0. The third kappa shape index (κ3) is 3.85. The predicted octanol–water partition coefficient (Wildman–Crippen LogP) is 3.40. The minimum Gasteiger partial charge on any atom is -0.300 e. The molecule has 0 spiro atoms. The lowest BCUT2D eigenvalue weighted by atomic mass is 10.3. The number of nitrogens with zero attached hydrogens (tertiary/aromatic N) is 4. The molecule has 0 aromatic carbocycles. The maximum atomic E-state index is 12.0. The number of fused-ring (bicyclic) bond motifs is 1. The van der Waals surface area contributed by atoms with E-state index in [1.54, 1.807) is 17.7 Å². The van der Waals surface area contributed by atoms with Gasteiger partial charge in [0, 0.05) is 10.3 Å². The molecule has 0 saturated heterocycles. The fraction of sp³-hybridized carbons (Fsp3) is 0.357. The summed E-state index contributed by atoms with van der Waals surface area (Å²) in [4.78, 5) is 22.9. The van der Waals surface area contributed by atoms with Gasteiger partial charge in [0.25, 0.3) is 0 Å². The summed E-state index contributed by atoms with van der Waals surface area (Å²) in [5.41, 5.74) is 0. The van der Waals surface area contributed by atoms with Gasteiger partial charge in [-0.25, -0.2) is 9.97 Å². The molecule has 3 heterocycles. The third-order valence-electron chi connectivity index (χ3n) is 3.05. The lowest BCUT2D eigenvalue weighted by Crippen LogP contribution is -2.13. The van der Waals surface area contributed by atoms with Crippen molar-refractivity contribution in [1.29, 1.82) is 0 Å². The van der Waals surface area contributed by atoms with Crippen molar-refractivity contribution >= 4 is 55.7 Å². The van der Waals surface area contributed by atoms with Crippen LogP contribution < -0.4 is 5.32 Å². The van der Waals surface area contributed by atoms with Crippen molar-refractivity contribution in [3.05, 3.63) is 22.3 Å². The van der Waals surface area contributed by atoms with Crippen LogP contribution in [0.15, 0.2) is 17.4 Å². The van der Waals surface area contributed by atoms with Gasteiger partial charge >= 0.3 is 0 Å². The van der Waals surface area contributed by atoms with E-state index in [9.17, 15) is 4.79 Å². The van der Waals surface area contributed by atoms with Crippen LogP contribution in [0.4, 0.5) is 5.13 Å². The van der Waals surface area contributed by atoms with E-state index in [4.69, 9.17) is 0 Å². The van der Waals surface area contributed by atoms with Crippen LogP contribution in [0.3, 0.4) is 0 Å². The lowest BCUT2D eigenvalue weighted by Gasteiger charge is -2.02. The molecular weight excluding hydrogens is 350 g/mol. The van der Waals surface area contributed by atoms with Gasteiger partial charge in [-0.05, 0) is 18.9 Å². The molecule has 0 unspecified atom stereocenters. The smallest absolute Gasteiger partial charge is 0.236 e. The van der Waals surface area contributed by atoms with E-state index in [0.717, 1.165) is 33.1 Å². The van der Waals surface area contributed by atoms with E-state index in [-0.39, 0.29) is 11.7 Å². The van der Waals surface area contributed by atoms with Crippen LogP contribution in [-0.4, -0.2) is 31.8 Å². The van der Waals surface area contributed by atoms with Crippen molar-refractivity contribution in [2.45, 2.75) is 31.7 Å². The average Bonchev–Trinajstić information content (AvgIpc) is 3.18. The number of carbonyl (C=O) groups excluding carboxylic acids is 1. The Morgan fingerprint density at radius 2 is 2.09 bits per heavy atom. The molecule has 120 valence electrons. The SMILES string of the molecule is CCc1cc2c(SCC(=O)Nc3nnc(CC)s3)ncnc2s1. The van der Waals surface area contributed by atoms with Crippen LogP contribution >= 0.6 is 34.4 Å². The number of rotatable bonds is 6. The number of hydrogen-bond acceptors (Lipinski definition) is 8. The van der Waals surface area contributed by atoms with E-state index in [0.29, 0.717) is 5.13 Å². The first kappa shape index (κ1) is 16.3. The Bertz CT molecular complexity index is 829. The fourth-order valence-corrected chi connectivity index (χ4v) is 4.38. The van der Waals surface area contributed by atoms with Crippen molar-refractivity contribution in [2.75, 3.05) is 11.1 Å². The summed E-state index contributed by atoms with van der Waals surface area (Å²) in [6.45, 7) is 4.12. The van der Waals surface area contributed by atoms with E-state index in [1.165, 1.54) is 28.0 Å². The van der Waals surface area contributed by atoms with Crippen molar-refractivity contribution in [1.82, 2.24) is 20.2 Å². The second-order valence-electron chi connectivity index (χ2n) is 4.66. The zero-order valence-corrected chi connectivity index (χ0v) is 15.1. The molecule has 3 aromatic rings. The molecule has 0 radical (unpaired) electrons. The Balaban J connectivity index is 1.65. The normalized spacial score (nSPS) is 11.0. The molecule has 0 fully saturated rings. The topological polar surface area (TPSA) is 80.7 Å². The number of anilines is 1. The van der Waals surface area contributed by atoms with Crippen LogP contribution in [0.5, 0.6) is 0 Å². The summed E-state index contributed by atoms with van der Waals surface area (Å²) in [7, 11) is 0. The summed E-state index contributed by atoms with van der Waals surface area (Å²) in [6.07, 6.45) is 3.35. The molecule has 23 heavy (non-hydrogen) atoms. The zero-order valence-electron chi connectivity index (χ0n) is 12.7. The molecule has 3 rings (SSSR count). The summed E-state index contributed by atoms with van der Waals surface area (Å²) in [5, 5.41) is 14.0. The molecule has 6 nitrogen and oxygen atoms in total. The molecule has 0 aliphatic heterocycles. The lowest BCUT2D eigenvalue weighted by molar-refractivity contribution is -0.113. The third-order valence-corrected chi connectivity index (χ3v) is 6.22. The maximum absolute atomic E-state index is 12.0. The van der Waals surface area contributed by atoms with E-state index in [1.807, 2.05) is 6.92 Å². The number of thiophene rings is 1. The van der Waals surface area contributed by atoms with Gasteiger partial charge in [-0.1, -0.05) is 36.9 Å². The number of aromatic nitrogens is 4. The van der Waals surface area contributed by atoms with Crippen LogP contribution in [0.25, 0.3) is 10.2 Å². The Kier molecular flexibility index (Phi) is 5.19. The highest BCUT2D eigenvalue weighted by Crippen LogP contribution is 2.31. The Morgan fingerprint density at radius 3 is 2.83 bits per heavy atom. The van der Waals surface area contributed by atoms with Crippen molar-refractivity contribution < 1.29 is 4.79 Å². The first-order valence-electron chi connectivity index (χ1n) is 7.18. The highest BCUT2D eigenvalue weighted by atomic mass is 32.2. The predicted molar refractivity (Wildman–Crippen MR) is 95.4 cm³/mol. The standard InChI is InChI=1S/C14H15N5OS3/c1-3-8-5-9-12(15-7-16-13(9)22-8)21-6-10(20)17-14-19-18-11(4-2)23-14/h5,7H,3-4,6H2,1-2H3,(H,17,19,20). The minimum absolute atomic E-state index is 0.105. The highest BCUT2D eigenvalue weighted by molar-refractivity contribution is 8.00. The summed E-state index contributed by atoms with van der Waals surface area (Å²) in [6, 6.07) is 2.11. The molecule has 0 aliphatic carbocycles. The monoisotopic (exact) mass is 365 g/mol. The molecule has 1 amide bonds. The summed E-state index contributed by atoms with van der Waals surface area (Å²) >= 11 is 4.49. The van der Waals surface area contributed by atoms with Gasteiger partial charge in [0.2, 0.25) is 11.0 Å². The van der Waals surface area contributed by atoms with Crippen molar-refractivity contribution in [3.63, 3.8) is 0 Å². The van der Waals surface area contributed by atoms with E-state index < -0.39 is 0 Å². The van der Waals surface area contributed by atoms with Gasteiger partial charge in [0.15, 0.2) is 0 Å². The molecule has 0 atom stereocenters. The van der Waals surface area contributed by atoms with E-state index in [2.05, 4.69) is 38.5 Å². The van der Waals surface area contributed by atoms with E-state index >= 15 is 0 Å². The number of nitrogens with one attached hydrogen (secondary N) is 1. The second kappa shape index (κ2) is 7.33. The number of carbonyl (C=O) groups is 1. The molecule has 0 saturated carbocycles. The van der Waals surface area contributed by atoms with Gasteiger partial charge in [0.1, 0.15) is 21.2 Å². The number of amides is 1. The second-order valence-corrected chi connectivity index (χ2v) is 7.80. The number of aryl methyl sites for hydroxylation is 2. The molecule has 1 N–H and O–H groups in total. The number of thioether (sulfide) groups is 1. The Morgan fingerprint density at radius 1 is 1.22 bits per heavy atom. The van der Waals surface area contributed by atoms with Gasteiger partial charge < -0.3 is 0 Å². The van der Waals surface area contributed by atoms with Gasteiger partial charge in [-0.2, -0.15) is 0 Å². The maximum Gasteiger partial charge on any atom is 0.236 e. The van der Waals surface area contributed by atoms with Gasteiger partial charge in [0.05, 0.1) is 5.75 Å². The first-order valence-corrected chi connectivity index (χ1v) is 9.80. The molecule has 0 aliphatic rings. The van der Waals surface area contributed by atoms with Crippen LogP contribution in [0, 0.1) is 0 Å². The highest BCUT2D eigenvalue weighted by Gasteiger charge is 2.12. The van der Waals surface area contributed by atoms with Crippen molar-refractivity contribution in [3.8, 4) is 0 Å². The average molecular weight is 366 g/mol. The van der Waals surface area contributed by atoms with Crippen LogP contribution in [-0.2, 0) is 17.6 Å².